The first-order valence-electron chi connectivity index (χ1n) is 12.0. The van der Waals surface area contributed by atoms with Gasteiger partial charge in [0.2, 0.25) is 6.17 Å². The smallest absolute Gasteiger partial charge is 0.209 e. The fraction of sp³-hybridized carbons (Fsp3) is 0.429. The van der Waals surface area contributed by atoms with Crippen LogP contribution in [0.4, 0.5) is 0 Å². The highest BCUT2D eigenvalue weighted by molar-refractivity contribution is 6.16. The van der Waals surface area contributed by atoms with Gasteiger partial charge >= 0.3 is 0 Å². The van der Waals surface area contributed by atoms with Gasteiger partial charge in [0.25, 0.3) is 0 Å². The van der Waals surface area contributed by atoms with Crippen molar-refractivity contribution in [2.24, 2.45) is 5.73 Å². The molecule has 2 N–H and O–H groups in total. The van der Waals surface area contributed by atoms with E-state index in [0.717, 1.165) is 29.2 Å². The van der Waals surface area contributed by atoms with E-state index in [0.29, 0.717) is 5.56 Å². The number of ketones is 1. The van der Waals surface area contributed by atoms with Crippen LogP contribution >= 0.6 is 0 Å². The van der Waals surface area contributed by atoms with Gasteiger partial charge in [0.05, 0.1) is 0 Å². The van der Waals surface area contributed by atoms with Gasteiger partial charge < -0.3 is 0 Å². The van der Waals surface area contributed by atoms with Crippen molar-refractivity contribution in [1.29, 1.82) is 0 Å². The summed E-state index contributed by atoms with van der Waals surface area (Å²) in [7, 11) is 0. The van der Waals surface area contributed by atoms with Crippen molar-refractivity contribution in [3.8, 4) is 0 Å². The molecule has 1 unspecified atom stereocenters. The van der Waals surface area contributed by atoms with Crippen molar-refractivity contribution < 1.29 is 9.36 Å². The van der Waals surface area contributed by atoms with Crippen molar-refractivity contribution in [2.45, 2.75) is 77.3 Å². The molecule has 0 saturated carbocycles. The van der Waals surface area contributed by atoms with Gasteiger partial charge in [-0.3, -0.25) is 10.5 Å². The van der Waals surface area contributed by atoms with Gasteiger partial charge in [0.15, 0.2) is 18.2 Å². The maximum atomic E-state index is 13.1. The molecule has 1 atom stereocenters. The zero-order valence-electron chi connectivity index (χ0n) is 18.9. The Bertz CT molecular complexity index is 943. The molecule has 0 saturated heterocycles. The number of carbonyl (C=O) groups is 1. The minimum Gasteiger partial charge on any atom is -0.289 e. The Kier molecular flexibility index (Phi) is 9.23. The molecule has 3 heteroatoms. The number of nitrogens with zero attached hydrogens (tertiary/aromatic N) is 1. The number of hydrogen-bond donors (Lipinski definition) is 1. The predicted molar refractivity (Wildman–Crippen MR) is 129 cm³/mol. The molecule has 0 spiro atoms. The van der Waals surface area contributed by atoms with Crippen LogP contribution < -0.4 is 10.3 Å². The summed E-state index contributed by atoms with van der Waals surface area (Å²) >= 11 is 0. The van der Waals surface area contributed by atoms with Crippen LogP contribution in [0.1, 0.15) is 93.2 Å². The second kappa shape index (κ2) is 12.4. The van der Waals surface area contributed by atoms with E-state index in [1.807, 2.05) is 71.6 Å². The molecule has 1 aromatic heterocycles. The first-order valence-corrected chi connectivity index (χ1v) is 12.0. The predicted octanol–water partition coefficient (Wildman–Crippen LogP) is 6.74. The number of hydrogen-bond acceptors (Lipinski definition) is 2. The molecule has 31 heavy (non-hydrogen) atoms. The maximum Gasteiger partial charge on any atom is 0.209 e. The number of carbonyl (C=O) groups excluding carboxylic acids is 1. The summed E-state index contributed by atoms with van der Waals surface area (Å²) in [6.45, 7) is 2.26. The average Bonchev–Trinajstić information content (AvgIpc) is 2.82. The highest BCUT2D eigenvalue weighted by atomic mass is 16.1. The molecule has 0 fully saturated rings. The molecular weight excluding hydrogens is 380 g/mol. The summed E-state index contributed by atoms with van der Waals surface area (Å²) in [6, 6.07) is 17.7. The van der Waals surface area contributed by atoms with Gasteiger partial charge in [-0.05, 0) is 17.2 Å². The highest BCUT2D eigenvalue weighted by Gasteiger charge is 2.16. The van der Waals surface area contributed by atoms with Crippen molar-refractivity contribution in [3.63, 3.8) is 0 Å². The molecule has 0 bridgehead atoms. The van der Waals surface area contributed by atoms with Gasteiger partial charge in [-0.1, -0.05) is 101 Å². The standard InChI is InChI=1S/C28H37N2O/c1-2-3-4-5-6-7-8-9-10-18-27(29)30-21-19-24(20-22-30)28(31)26-17-13-15-23-14-11-12-16-25(23)26/h11-17,19-22,27H,2-10,18,29H2,1H3/q+1. The lowest BCUT2D eigenvalue weighted by Gasteiger charge is -2.09. The third kappa shape index (κ3) is 6.73. The lowest BCUT2D eigenvalue weighted by Crippen LogP contribution is -2.44. The van der Waals surface area contributed by atoms with E-state index in [1.54, 1.807) is 0 Å². The lowest BCUT2D eigenvalue weighted by atomic mass is 9.98. The minimum atomic E-state index is -0.0359. The topological polar surface area (TPSA) is 47.0 Å². The van der Waals surface area contributed by atoms with Crippen LogP contribution in [0, 0.1) is 0 Å². The van der Waals surface area contributed by atoms with E-state index in [2.05, 4.69) is 6.92 Å². The SMILES string of the molecule is CCCCCCCCCCCC(N)[n+]1ccc(C(=O)c2cccc3ccccc23)cc1. The molecule has 3 nitrogen and oxygen atoms in total. The number of unbranched alkanes of at least 4 members (excludes halogenated alkanes) is 8. The third-order valence-corrected chi connectivity index (χ3v) is 6.14. The van der Waals surface area contributed by atoms with Crippen LogP contribution in [-0.4, -0.2) is 5.78 Å². The molecule has 3 rings (SSSR count). The fourth-order valence-corrected chi connectivity index (χ4v) is 4.20. The summed E-state index contributed by atoms with van der Waals surface area (Å²) < 4.78 is 2.02. The molecule has 2 aromatic carbocycles. The van der Waals surface area contributed by atoms with Gasteiger partial charge in [-0.2, -0.15) is 4.57 Å². The summed E-state index contributed by atoms with van der Waals surface area (Å²) in [4.78, 5) is 13.1. The van der Waals surface area contributed by atoms with Gasteiger partial charge in [0.1, 0.15) is 0 Å². The van der Waals surface area contributed by atoms with Crippen molar-refractivity contribution in [2.75, 3.05) is 0 Å². The molecule has 0 radical (unpaired) electrons. The summed E-state index contributed by atoms with van der Waals surface area (Å²) in [5.74, 6) is 0.0523. The molecule has 1 heterocycles. The molecule has 0 aliphatic rings. The van der Waals surface area contributed by atoms with Gasteiger partial charge in [0, 0.05) is 29.7 Å². The van der Waals surface area contributed by atoms with Gasteiger partial charge in [-0.25, -0.2) is 0 Å². The number of rotatable bonds is 13. The number of nitrogens with two attached hydrogens (primary N) is 1. The number of fused-ring (bicyclic) bond motifs is 1. The molecule has 164 valence electrons. The fourth-order valence-electron chi connectivity index (χ4n) is 4.20. The Hall–Kier alpha value is -2.52. The van der Waals surface area contributed by atoms with E-state index in [1.165, 1.54) is 51.4 Å². The molecule has 0 aliphatic heterocycles. The van der Waals surface area contributed by atoms with E-state index in [-0.39, 0.29) is 11.9 Å². The second-order valence-corrected chi connectivity index (χ2v) is 8.57. The Balaban J connectivity index is 1.48. The third-order valence-electron chi connectivity index (χ3n) is 6.14. The first-order chi connectivity index (χ1) is 15.2. The van der Waals surface area contributed by atoms with Crippen LogP contribution in [0.2, 0.25) is 0 Å². The average molecular weight is 418 g/mol. The van der Waals surface area contributed by atoms with Crippen molar-refractivity contribution in [1.82, 2.24) is 0 Å². The zero-order chi connectivity index (χ0) is 21.9. The highest BCUT2D eigenvalue weighted by Crippen LogP contribution is 2.21. The number of pyridine rings is 1. The van der Waals surface area contributed by atoms with Crippen molar-refractivity contribution >= 4 is 16.6 Å². The Morgan fingerprint density at radius 2 is 1.42 bits per heavy atom. The van der Waals surface area contributed by atoms with Crippen LogP contribution in [0.5, 0.6) is 0 Å². The van der Waals surface area contributed by atoms with Crippen molar-refractivity contribution in [3.05, 3.63) is 78.1 Å². The van der Waals surface area contributed by atoms with E-state index in [4.69, 9.17) is 5.73 Å². The normalized spacial score (nSPS) is 12.2. The number of benzene rings is 2. The van der Waals surface area contributed by atoms with Crippen LogP contribution in [0.25, 0.3) is 10.8 Å². The minimum absolute atomic E-state index is 0.0359. The summed E-state index contributed by atoms with van der Waals surface area (Å²) in [5.41, 5.74) is 7.82. The molecule has 0 aliphatic carbocycles. The summed E-state index contributed by atoms with van der Waals surface area (Å²) in [6.07, 6.45) is 16.7. The Labute approximate surface area is 187 Å². The van der Waals surface area contributed by atoms with Crippen LogP contribution in [0.15, 0.2) is 67.0 Å². The second-order valence-electron chi connectivity index (χ2n) is 8.57. The quantitative estimate of drug-likeness (QED) is 0.190. The lowest BCUT2D eigenvalue weighted by molar-refractivity contribution is -0.723. The maximum absolute atomic E-state index is 13.1. The van der Waals surface area contributed by atoms with E-state index < -0.39 is 0 Å². The largest absolute Gasteiger partial charge is 0.289 e. The number of aromatic nitrogens is 1. The van der Waals surface area contributed by atoms with E-state index >= 15 is 0 Å². The monoisotopic (exact) mass is 417 g/mol. The van der Waals surface area contributed by atoms with E-state index in [9.17, 15) is 4.79 Å². The van der Waals surface area contributed by atoms with Crippen LogP contribution in [-0.2, 0) is 0 Å². The molecule has 0 amide bonds. The van der Waals surface area contributed by atoms with Crippen LogP contribution in [0.3, 0.4) is 0 Å². The van der Waals surface area contributed by atoms with Gasteiger partial charge in [-0.15, -0.1) is 0 Å². The molecular formula is C28H37N2O+. The Morgan fingerprint density at radius 3 is 2.13 bits per heavy atom. The zero-order valence-corrected chi connectivity index (χ0v) is 18.9. The summed E-state index contributed by atoms with van der Waals surface area (Å²) in [5, 5.41) is 2.08. The first kappa shape index (κ1) is 23.1. The Morgan fingerprint density at radius 1 is 0.806 bits per heavy atom. The molecule has 3 aromatic rings.